The Morgan fingerprint density at radius 3 is 2.60 bits per heavy atom. The predicted molar refractivity (Wildman–Crippen MR) is 82.2 cm³/mol. The number of benzene rings is 1. The molecule has 0 saturated heterocycles. The highest BCUT2D eigenvalue weighted by atomic mass is 32.2. The summed E-state index contributed by atoms with van der Waals surface area (Å²) in [5.74, 6) is -0.0709. The molecule has 0 aromatic heterocycles. The van der Waals surface area contributed by atoms with Gasteiger partial charge in [0.05, 0.1) is 6.04 Å². The van der Waals surface area contributed by atoms with Gasteiger partial charge in [0.1, 0.15) is 12.3 Å². The maximum atomic E-state index is 11.3. The second-order valence-corrected chi connectivity index (χ2v) is 5.59. The number of hydrogen-bond donors (Lipinski definition) is 2. The molecule has 2 unspecified atom stereocenters. The molecule has 0 fully saturated rings. The van der Waals surface area contributed by atoms with Crippen molar-refractivity contribution in [3.05, 3.63) is 35.9 Å². The van der Waals surface area contributed by atoms with E-state index >= 15 is 0 Å². The minimum Gasteiger partial charge on any atom is -0.480 e. The first kappa shape index (κ1) is 16.7. The van der Waals surface area contributed by atoms with Crippen molar-refractivity contribution in [3.8, 4) is 0 Å². The standard InChI is InChI=1S/C15H21NO3S/c1-20-10-9-13(11-17)16-14(15(18)19)8-7-12-5-3-2-4-6-12/h2-6,11,13-14,16H,7-10H2,1H3,(H,18,19). The third kappa shape index (κ3) is 6.21. The van der Waals surface area contributed by atoms with Gasteiger partial charge in [-0.15, -0.1) is 0 Å². The number of carboxylic acid groups (broad SMARTS) is 1. The number of nitrogens with one attached hydrogen (secondary N) is 1. The minimum atomic E-state index is -0.906. The third-order valence-electron chi connectivity index (χ3n) is 3.08. The van der Waals surface area contributed by atoms with Crippen LogP contribution in [0.25, 0.3) is 0 Å². The topological polar surface area (TPSA) is 66.4 Å². The molecular weight excluding hydrogens is 274 g/mol. The van der Waals surface area contributed by atoms with Crippen LogP contribution in [-0.4, -0.2) is 41.5 Å². The van der Waals surface area contributed by atoms with E-state index in [9.17, 15) is 14.7 Å². The van der Waals surface area contributed by atoms with E-state index in [-0.39, 0.29) is 6.04 Å². The third-order valence-corrected chi connectivity index (χ3v) is 3.72. The van der Waals surface area contributed by atoms with Gasteiger partial charge in [-0.25, -0.2) is 0 Å². The summed E-state index contributed by atoms with van der Waals surface area (Å²) in [5, 5.41) is 12.2. The Kier molecular flexibility index (Phi) is 7.99. The summed E-state index contributed by atoms with van der Waals surface area (Å²) in [6, 6.07) is 8.68. The quantitative estimate of drug-likeness (QED) is 0.646. The molecule has 20 heavy (non-hydrogen) atoms. The van der Waals surface area contributed by atoms with Gasteiger partial charge in [-0.3, -0.25) is 10.1 Å². The number of thioether (sulfide) groups is 1. The lowest BCUT2D eigenvalue weighted by molar-refractivity contribution is -0.139. The van der Waals surface area contributed by atoms with Crippen molar-refractivity contribution in [2.45, 2.75) is 31.3 Å². The Morgan fingerprint density at radius 2 is 2.05 bits per heavy atom. The highest BCUT2D eigenvalue weighted by Crippen LogP contribution is 2.07. The van der Waals surface area contributed by atoms with E-state index in [0.717, 1.165) is 17.6 Å². The summed E-state index contributed by atoms with van der Waals surface area (Å²) < 4.78 is 0. The van der Waals surface area contributed by atoms with Crippen LogP contribution in [0.1, 0.15) is 18.4 Å². The highest BCUT2D eigenvalue weighted by molar-refractivity contribution is 7.98. The SMILES string of the molecule is CSCCC(C=O)NC(CCc1ccccc1)C(=O)O. The number of aliphatic carboxylic acids is 1. The van der Waals surface area contributed by atoms with Crippen LogP contribution >= 0.6 is 11.8 Å². The van der Waals surface area contributed by atoms with Crippen LogP contribution in [0.4, 0.5) is 0 Å². The van der Waals surface area contributed by atoms with Crippen LogP contribution in [0.2, 0.25) is 0 Å². The smallest absolute Gasteiger partial charge is 0.320 e. The van der Waals surface area contributed by atoms with Crippen LogP contribution in [-0.2, 0) is 16.0 Å². The van der Waals surface area contributed by atoms with Gasteiger partial charge in [-0.1, -0.05) is 30.3 Å². The molecule has 4 nitrogen and oxygen atoms in total. The first-order chi connectivity index (χ1) is 9.67. The van der Waals surface area contributed by atoms with Gasteiger partial charge in [-0.05, 0) is 36.8 Å². The van der Waals surface area contributed by atoms with E-state index in [4.69, 9.17) is 0 Å². The molecular formula is C15H21NO3S. The summed E-state index contributed by atoms with van der Waals surface area (Å²) in [7, 11) is 0. The molecule has 0 aliphatic heterocycles. The number of aldehydes is 1. The molecule has 0 radical (unpaired) electrons. The van der Waals surface area contributed by atoms with Crippen molar-refractivity contribution >= 4 is 24.0 Å². The average Bonchev–Trinajstić information content (AvgIpc) is 2.47. The van der Waals surface area contributed by atoms with Crippen LogP contribution in [0.5, 0.6) is 0 Å². The summed E-state index contributed by atoms with van der Waals surface area (Å²) >= 11 is 1.64. The lowest BCUT2D eigenvalue weighted by atomic mass is 10.0. The van der Waals surface area contributed by atoms with E-state index < -0.39 is 12.0 Å². The summed E-state index contributed by atoms with van der Waals surface area (Å²) in [6.07, 6.45) is 4.57. The summed E-state index contributed by atoms with van der Waals surface area (Å²) in [5.41, 5.74) is 1.10. The zero-order valence-corrected chi connectivity index (χ0v) is 12.4. The van der Waals surface area contributed by atoms with Crippen molar-refractivity contribution in [1.29, 1.82) is 0 Å². The molecule has 0 saturated carbocycles. The van der Waals surface area contributed by atoms with Gasteiger partial charge >= 0.3 is 5.97 Å². The number of carboxylic acids is 1. The first-order valence-electron chi connectivity index (χ1n) is 6.64. The van der Waals surface area contributed by atoms with E-state index in [1.165, 1.54) is 0 Å². The van der Waals surface area contributed by atoms with E-state index in [2.05, 4.69) is 5.32 Å². The average molecular weight is 295 g/mol. The fourth-order valence-corrected chi connectivity index (χ4v) is 2.42. The van der Waals surface area contributed by atoms with Crippen LogP contribution in [0.3, 0.4) is 0 Å². The molecule has 0 aliphatic carbocycles. The van der Waals surface area contributed by atoms with E-state index in [1.807, 2.05) is 36.6 Å². The van der Waals surface area contributed by atoms with Crippen molar-refractivity contribution < 1.29 is 14.7 Å². The lowest BCUT2D eigenvalue weighted by Gasteiger charge is -2.19. The molecule has 2 atom stereocenters. The number of carbonyl (C=O) groups excluding carboxylic acids is 1. The van der Waals surface area contributed by atoms with Gasteiger partial charge in [0.25, 0.3) is 0 Å². The summed E-state index contributed by atoms with van der Waals surface area (Å²) in [4.78, 5) is 22.2. The molecule has 1 rings (SSSR count). The van der Waals surface area contributed by atoms with Gasteiger partial charge in [0.2, 0.25) is 0 Å². The van der Waals surface area contributed by atoms with Crippen molar-refractivity contribution in [3.63, 3.8) is 0 Å². The molecule has 5 heteroatoms. The molecule has 0 bridgehead atoms. The minimum absolute atomic E-state index is 0.390. The highest BCUT2D eigenvalue weighted by Gasteiger charge is 2.20. The second-order valence-electron chi connectivity index (χ2n) is 4.61. The molecule has 0 spiro atoms. The maximum absolute atomic E-state index is 11.3. The Labute approximate surface area is 124 Å². The van der Waals surface area contributed by atoms with Gasteiger partial charge in [-0.2, -0.15) is 11.8 Å². The number of rotatable bonds is 10. The van der Waals surface area contributed by atoms with Crippen LogP contribution in [0.15, 0.2) is 30.3 Å². The Balaban J connectivity index is 2.51. The molecule has 0 aliphatic rings. The fraction of sp³-hybridized carbons (Fsp3) is 0.467. The molecule has 2 N–H and O–H groups in total. The summed E-state index contributed by atoms with van der Waals surface area (Å²) in [6.45, 7) is 0. The predicted octanol–water partition coefficient (Wildman–Crippen LogP) is 1.98. The number of hydrogen-bond acceptors (Lipinski definition) is 4. The first-order valence-corrected chi connectivity index (χ1v) is 8.03. The van der Waals surface area contributed by atoms with Gasteiger partial charge in [0, 0.05) is 0 Å². The maximum Gasteiger partial charge on any atom is 0.320 e. The molecule has 110 valence electrons. The molecule has 0 heterocycles. The zero-order valence-electron chi connectivity index (χ0n) is 11.6. The number of carbonyl (C=O) groups is 2. The molecule has 1 aromatic rings. The van der Waals surface area contributed by atoms with Crippen molar-refractivity contribution in [1.82, 2.24) is 5.32 Å². The Morgan fingerprint density at radius 1 is 1.35 bits per heavy atom. The monoisotopic (exact) mass is 295 g/mol. The largest absolute Gasteiger partial charge is 0.480 e. The normalized spacial score (nSPS) is 13.7. The van der Waals surface area contributed by atoms with Gasteiger partial charge in [0.15, 0.2) is 0 Å². The van der Waals surface area contributed by atoms with E-state index in [1.54, 1.807) is 11.8 Å². The Hall–Kier alpha value is -1.33. The lowest BCUT2D eigenvalue weighted by Crippen LogP contribution is -2.44. The molecule has 1 aromatic carbocycles. The second kappa shape index (κ2) is 9.55. The fourth-order valence-electron chi connectivity index (χ4n) is 1.93. The number of aryl methyl sites for hydroxylation is 1. The van der Waals surface area contributed by atoms with Crippen LogP contribution < -0.4 is 5.32 Å². The molecule has 0 amide bonds. The van der Waals surface area contributed by atoms with E-state index in [0.29, 0.717) is 19.3 Å². The van der Waals surface area contributed by atoms with Crippen molar-refractivity contribution in [2.75, 3.05) is 12.0 Å². The van der Waals surface area contributed by atoms with Crippen LogP contribution in [0, 0.1) is 0 Å². The zero-order chi connectivity index (χ0) is 14.8. The van der Waals surface area contributed by atoms with Crippen molar-refractivity contribution in [2.24, 2.45) is 0 Å². The Bertz CT molecular complexity index is 411. The van der Waals surface area contributed by atoms with Gasteiger partial charge < -0.3 is 9.90 Å².